The first-order valence-corrected chi connectivity index (χ1v) is 8.31. The highest BCUT2D eigenvalue weighted by Crippen LogP contribution is 2.26. The van der Waals surface area contributed by atoms with Crippen molar-refractivity contribution in [2.45, 2.75) is 11.4 Å². The maximum Gasteiger partial charge on any atom is 0.270 e. The molecule has 2 rings (SSSR count). The number of benzene rings is 1. The van der Waals surface area contributed by atoms with Gasteiger partial charge in [-0.25, -0.2) is 13.4 Å². The summed E-state index contributed by atoms with van der Waals surface area (Å²) in [5.74, 6) is 0. The Labute approximate surface area is 119 Å². The Bertz CT molecular complexity index is 726. The lowest BCUT2D eigenvalue weighted by Gasteiger charge is -2.09. The molecule has 0 atom stereocenters. The Morgan fingerprint density at radius 1 is 1.45 bits per heavy atom. The van der Waals surface area contributed by atoms with Gasteiger partial charge in [0.05, 0.1) is 33.3 Å². The number of rotatable bonds is 5. The van der Waals surface area contributed by atoms with E-state index in [4.69, 9.17) is 0 Å². The fourth-order valence-corrected chi connectivity index (χ4v) is 3.02. The van der Waals surface area contributed by atoms with Crippen molar-refractivity contribution in [2.75, 3.05) is 11.6 Å². The second kappa shape index (κ2) is 5.55. The number of hydrogen-bond donors (Lipinski definition) is 1. The van der Waals surface area contributed by atoms with E-state index in [9.17, 15) is 18.5 Å². The first kappa shape index (κ1) is 14.4. The first-order valence-electron chi connectivity index (χ1n) is 5.47. The number of non-ortho nitro benzene ring substituents is 1. The number of nitrogens with zero attached hydrogens (tertiary/aromatic N) is 2. The molecule has 0 aliphatic carbocycles. The summed E-state index contributed by atoms with van der Waals surface area (Å²) in [6.45, 7) is 0.351. The van der Waals surface area contributed by atoms with E-state index in [1.54, 1.807) is 5.51 Å². The predicted molar refractivity (Wildman–Crippen MR) is 75.6 cm³/mol. The third-order valence-electron chi connectivity index (χ3n) is 2.52. The Balaban J connectivity index is 2.34. The molecule has 20 heavy (non-hydrogen) atoms. The van der Waals surface area contributed by atoms with Gasteiger partial charge in [-0.05, 0) is 6.07 Å². The third kappa shape index (κ3) is 3.31. The molecule has 7 nitrogen and oxygen atoms in total. The summed E-state index contributed by atoms with van der Waals surface area (Å²) < 4.78 is 23.4. The molecule has 0 amide bonds. The van der Waals surface area contributed by atoms with Crippen LogP contribution >= 0.6 is 11.3 Å². The van der Waals surface area contributed by atoms with Crippen LogP contribution in [0, 0.1) is 10.1 Å². The molecule has 1 heterocycles. The maximum atomic E-state index is 11.7. The van der Waals surface area contributed by atoms with E-state index in [1.807, 2.05) is 5.38 Å². The van der Waals surface area contributed by atoms with Crippen molar-refractivity contribution in [3.05, 3.63) is 44.9 Å². The average Bonchev–Trinajstić information content (AvgIpc) is 2.88. The van der Waals surface area contributed by atoms with Crippen LogP contribution in [0.25, 0.3) is 0 Å². The predicted octanol–water partition coefficient (Wildman–Crippen LogP) is 2.07. The van der Waals surface area contributed by atoms with Crippen LogP contribution in [0.5, 0.6) is 0 Å². The van der Waals surface area contributed by atoms with Crippen LogP contribution in [0.3, 0.4) is 0 Å². The van der Waals surface area contributed by atoms with Crippen LogP contribution < -0.4 is 5.32 Å². The molecule has 0 spiro atoms. The molecular formula is C11H11N3O4S2. The number of nitro benzene ring substituents is 1. The van der Waals surface area contributed by atoms with E-state index >= 15 is 0 Å². The Morgan fingerprint density at radius 3 is 2.75 bits per heavy atom. The van der Waals surface area contributed by atoms with Crippen molar-refractivity contribution in [2.24, 2.45) is 0 Å². The van der Waals surface area contributed by atoms with E-state index in [1.165, 1.54) is 23.5 Å². The lowest BCUT2D eigenvalue weighted by atomic mass is 10.3. The van der Waals surface area contributed by atoms with Gasteiger partial charge < -0.3 is 5.32 Å². The quantitative estimate of drug-likeness (QED) is 0.669. The molecule has 0 aliphatic rings. The molecule has 106 valence electrons. The largest absolute Gasteiger partial charge is 0.378 e. The summed E-state index contributed by atoms with van der Waals surface area (Å²) in [7, 11) is -3.57. The van der Waals surface area contributed by atoms with Gasteiger partial charge >= 0.3 is 0 Å². The normalized spacial score (nSPS) is 11.2. The number of sulfone groups is 1. The summed E-state index contributed by atoms with van der Waals surface area (Å²) in [5, 5.41) is 15.5. The molecule has 1 aromatic heterocycles. The number of aromatic nitrogens is 1. The highest BCUT2D eigenvalue weighted by atomic mass is 32.2. The van der Waals surface area contributed by atoms with Gasteiger partial charge in [0.1, 0.15) is 0 Å². The monoisotopic (exact) mass is 313 g/mol. The smallest absolute Gasteiger partial charge is 0.270 e. The van der Waals surface area contributed by atoms with Crippen molar-refractivity contribution in [1.29, 1.82) is 0 Å². The third-order valence-corrected chi connectivity index (χ3v) is 4.29. The molecule has 9 heteroatoms. The van der Waals surface area contributed by atoms with Crippen molar-refractivity contribution < 1.29 is 13.3 Å². The molecule has 0 saturated heterocycles. The van der Waals surface area contributed by atoms with Crippen molar-refractivity contribution >= 4 is 32.5 Å². The van der Waals surface area contributed by atoms with Crippen LogP contribution in [0.4, 0.5) is 11.4 Å². The minimum atomic E-state index is -3.57. The average molecular weight is 313 g/mol. The molecule has 2 aromatic rings. The van der Waals surface area contributed by atoms with Crippen molar-refractivity contribution in [3.63, 3.8) is 0 Å². The van der Waals surface area contributed by atoms with Gasteiger partial charge in [-0.15, -0.1) is 11.3 Å². The second-order valence-electron chi connectivity index (χ2n) is 4.04. The number of hydrogen-bond acceptors (Lipinski definition) is 7. The van der Waals surface area contributed by atoms with Crippen LogP contribution in [-0.2, 0) is 16.4 Å². The molecule has 1 N–H and O–H groups in total. The molecule has 1 aromatic carbocycles. The fraction of sp³-hybridized carbons (Fsp3) is 0.182. The van der Waals surface area contributed by atoms with Crippen molar-refractivity contribution in [3.8, 4) is 0 Å². The zero-order valence-corrected chi connectivity index (χ0v) is 12.1. The van der Waals surface area contributed by atoms with Crippen LogP contribution in [0.1, 0.15) is 5.69 Å². The topological polar surface area (TPSA) is 102 Å². The Kier molecular flexibility index (Phi) is 4.00. The fourth-order valence-electron chi connectivity index (χ4n) is 1.59. The van der Waals surface area contributed by atoms with Gasteiger partial charge in [0.2, 0.25) is 0 Å². The lowest BCUT2D eigenvalue weighted by Crippen LogP contribution is -2.07. The van der Waals surface area contributed by atoms with E-state index < -0.39 is 14.8 Å². The van der Waals surface area contributed by atoms with Gasteiger partial charge in [0, 0.05) is 23.8 Å². The summed E-state index contributed by atoms with van der Waals surface area (Å²) in [5.41, 5.74) is 2.51. The van der Waals surface area contributed by atoms with E-state index in [2.05, 4.69) is 10.3 Å². The first-order chi connectivity index (χ1) is 9.38. The highest BCUT2D eigenvalue weighted by Gasteiger charge is 2.18. The van der Waals surface area contributed by atoms with Crippen LogP contribution in [0.15, 0.2) is 34.0 Å². The number of nitro groups is 1. The van der Waals surface area contributed by atoms with Crippen LogP contribution in [0.2, 0.25) is 0 Å². The molecule has 0 unspecified atom stereocenters. The summed E-state index contributed by atoms with van der Waals surface area (Å²) in [6, 6.07) is 3.71. The molecule has 0 radical (unpaired) electrons. The second-order valence-corrected chi connectivity index (χ2v) is 6.75. The number of anilines is 1. The summed E-state index contributed by atoms with van der Waals surface area (Å²) in [4.78, 5) is 14.1. The van der Waals surface area contributed by atoms with Gasteiger partial charge in [-0.2, -0.15) is 0 Å². The summed E-state index contributed by atoms with van der Waals surface area (Å²) in [6.07, 6.45) is 1.01. The molecule has 0 fully saturated rings. The zero-order valence-electron chi connectivity index (χ0n) is 10.4. The van der Waals surface area contributed by atoms with Gasteiger partial charge in [0.25, 0.3) is 5.69 Å². The number of nitrogens with one attached hydrogen (secondary N) is 1. The Morgan fingerprint density at radius 2 is 2.20 bits per heavy atom. The molecule has 0 aliphatic heterocycles. The zero-order chi connectivity index (χ0) is 14.8. The summed E-state index contributed by atoms with van der Waals surface area (Å²) >= 11 is 1.43. The maximum absolute atomic E-state index is 11.7. The van der Waals surface area contributed by atoms with E-state index in [0.29, 0.717) is 12.2 Å². The lowest BCUT2D eigenvalue weighted by molar-refractivity contribution is -0.385. The minimum Gasteiger partial charge on any atom is -0.378 e. The van der Waals surface area contributed by atoms with Crippen LogP contribution in [-0.4, -0.2) is 24.6 Å². The molecule has 0 saturated carbocycles. The SMILES string of the molecule is CS(=O)(=O)c1cc([N+](=O)[O-])ccc1NCc1cscn1. The number of thiazole rings is 1. The molecule has 0 bridgehead atoms. The van der Waals surface area contributed by atoms with Gasteiger partial charge in [0.15, 0.2) is 9.84 Å². The van der Waals surface area contributed by atoms with Gasteiger partial charge in [-0.1, -0.05) is 0 Å². The van der Waals surface area contributed by atoms with E-state index in [0.717, 1.165) is 18.0 Å². The standard InChI is InChI=1S/C11H11N3O4S2/c1-20(17,18)11-4-9(14(15)16)2-3-10(11)12-5-8-6-19-7-13-8/h2-4,6-7,12H,5H2,1H3. The van der Waals surface area contributed by atoms with Gasteiger partial charge in [-0.3, -0.25) is 10.1 Å². The Hall–Kier alpha value is -2.00. The van der Waals surface area contributed by atoms with Crippen molar-refractivity contribution in [1.82, 2.24) is 4.98 Å². The van der Waals surface area contributed by atoms with E-state index in [-0.39, 0.29) is 10.6 Å². The minimum absolute atomic E-state index is 0.0954. The molecular weight excluding hydrogens is 302 g/mol. The highest BCUT2D eigenvalue weighted by molar-refractivity contribution is 7.90.